The zero-order chi connectivity index (χ0) is 11.8. The van der Waals surface area contributed by atoms with E-state index in [1.165, 1.54) is 0 Å². The number of phenolic OH excluding ortho intramolecular Hbond substituents is 1. The van der Waals surface area contributed by atoms with Gasteiger partial charge in [-0.2, -0.15) is 5.10 Å². The van der Waals surface area contributed by atoms with Crippen LogP contribution < -0.4 is 0 Å². The standard InChI is InChI=1S/C13H9BrN2O/c14-9-4-1-3-8(7-9)12-10-5-2-6-11(17)13(10)16-15-12/h1-7,17H,(H,15,16). The lowest BCUT2D eigenvalue weighted by Crippen LogP contribution is -1.78. The van der Waals surface area contributed by atoms with Crippen molar-refractivity contribution in [3.05, 3.63) is 46.9 Å². The maximum absolute atomic E-state index is 9.71. The van der Waals surface area contributed by atoms with E-state index in [1.54, 1.807) is 6.07 Å². The lowest BCUT2D eigenvalue weighted by atomic mass is 10.1. The van der Waals surface area contributed by atoms with Gasteiger partial charge in [0, 0.05) is 15.4 Å². The first kappa shape index (κ1) is 10.4. The van der Waals surface area contributed by atoms with E-state index in [1.807, 2.05) is 36.4 Å². The Morgan fingerprint density at radius 1 is 1.12 bits per heavy atom. The fourth-order valence-corrected chi connectivity index (χ4v) is 2.28. The van der Waals surface area contributed by atoms with Crippen LogP contribution in [0.1, 0.15) is 0 Å². The van der Waals surface area contributed by atoms with Crippen LogP contribution in [0.15, 0.2) is 46.9 Å². The van der Waals surface area contributed by atoms with E-state index < -0.39 is 0 Å². The normalized spacial score (nSPS) is 10.9. The number of para-hydroxylation sites is 1. The number of hydrogen-bond donors (Lipinski definition) is 2. The summed E-state index contributed by atoms with van der Waals surface area (Å²) in [6.07, 6.45) is 0. The predicted octanol–water partition coefficient (Wildman–Crippen LogP) is 3.70. The summed E-state index contributed by atoms with van der Waals surface area (Å²) in [6, 6.07) is 13.3. The first-order valence-electron chi connectivity index (χ1n) is 5.18. The minimum absolute atomic E-state index is 0.219. The Balaban J connectivity index is 2.28. The molecule has 1 aromatic heterocycles. The number of nitrogens with zero attached hydrogens (tertiary/aromatic N) is 1. The van der Waals surface area contributed by atoms with E-state index in [9.17, 15) is 5.11 Å². The highest BCUT2D eigenvalue weighted by Crippen LogP contribution is 2.31. The Morgan fingerprint density at radius 3 is 2.76 bits per heavy atom. The fourth-order valence-electron chi connectivity index (χ4n) is 1.88. The third-order valence-corrected chi connectivity index (χ3v) is 3.17. The molecule has 0 aliphatic rings. The summed E-state index contributed by atoms with van der Waals surface area (Å²) in [4.78, 5) is 0. The number of halogens is 1. The van der Waals surface area contributed by atoms with Gasteiger partial charge >= 0.3 is 0 Å². The second-order valence-corrected chi connectivity index (χ2v) is 4.70. The lowest BCUT2D eigenvalue weighted by molar-refractivity contribution is 0.480. The van der Waals surface area contributed by atoms with Gasteiger partial charge in [0.1, 0.15) is 17.0 Å². The van der Waals surface area contributed by atoms with Crippen LogP contribution in [0.5, 0.6) is 5.75 Å². The van der Waals surface area contributed by atoms with Gasteiger partial charge in [0.05, 0.1) is 0 Å². The molecule has 17 heavy (non-hydrogen) atoms. The number of phenols is 1. The molecule has 0 saturated carbocycles. The molecule has 0 aliphatic carbocycles. The van der Waals surface area contributed by atoms with Crippen LogP contribution >= 0.6 is 15.9 Å². The highest BCUT2D eigenvalue weighted by atomic mass is 79.9. The molecular weight excluding hydrogens is 280 g/mol. The number of fused-ring (bicyclic) bond motifs is 1. The van der Waals surface area contributed by atoms with Gasteiger partial charge in [-0.1, -0.05) is 40.2 Å². The molecule has 3 rings (SSSR count). The van der Waals surface area contributed by atoms with Gasteiger partial charge < -0.3 is 5.11 Å². The molecule has 2 N–H and O–H groups in total. The van der Waals surface area contributed by atoms with E-state index in [0.29, 0.717) is 5.52 Å². The Kier molecular flexibility index (Phi) is 2.37. The number of benzene rings is 2. The van der Waals surface area contributed by atoms with E-state index >= 15 is 0 Å². The van der Waals surface area contributed by atoms with Crippen molar-refractivity contribution in [1.82, 2.24) is 10.2 Å². The fraction of sp³-hybridized carbons (Fsp3) is 0. The highest BCUT2D eigenvalue weighted by molar-refractivity contribution is 9.10. The summed E-state index contributed by atoms with van der Waals surface area (Å²) in [6.45, 7) is 0. The molecule has 0 radical (unpaired) electrons. The number of nitrogens with one attached hydrogen (secondary N) is 1. The third-order valence-electron chi connectivity index (χ3n) is 2.68. The molecule has 3 aromatic rings. The van der Waals surface area contributed by atoms with Crippen LogP contribution in [0.4, 0.5) is 0 Å². The van der Waals surface area contributed by atoms with Crippen LogP contribution in [0.3, 0.4) is 0 Å². The zero-order valence-corrected chi connectivity index (χ0v) is 10.4. The number of aromatic amines is 1. The van der Waals surface area contributed by atoms with Gasteiger partial charge in [0.25, 0.3) is 0 Å². The quantitative estimate of drug-likeness (QED) is 0.717. The first-order valence-corrected chi connectivity index (χ1v) is 5.97. The summed E-state index contributed by atoms with van der Waals surface area (Å²) in [5.74, 6) is 0.219. The molecule has 2 aromatic carbocycles. The summed E-state index contributed by atoms with van der Waals surface area (Å²) in [5.41, 5.74) is 2.52. The van der Waals surface area contributed by atoms with Crippen LogP contribution in [-0.2, 0) is 0 Å². The van der Waals surface area contributed by atoms with Crippen molar-refractivity contribution in [3.63, 3.8) is 0 Å². The van der Waals surface area contributed by atoms with Crippen molar-refractivity contribution in [1.29, 1.82) is 0 Å². The van der Waals surface area contributed by atoms with Crippen molar-refractivity contribution in [2.24, 2.45) is 0 Å². The van der Waals surface area contributed by atoms with Crippen LogP contribution in [0.25, 0.3) is 22.2 Å². The van der Waals surface area contributed by atoms with Gasteiger partial charge in [0.2, 0.25) is 0 Å². The molecule has 4 heteroatoms. The molecule has 84 valence electrons. The summed E-state index contributed by atoms with van der Waals surface area (Å²) in [7, 11) is 0. The van der Waals surface area contributed by atoms with E-state index in [4.69, 9.17) is 0 Å². The summed E-state index contributed by atoms with van der Waals surface area (Å²) >= 11 is 3.44. The molecule has 0 spiro atoms. The molecule has 0 unspecified atom stereocenters. The maximum atomic E-state index is 9.71. The smallest absolute Gasteiger partial charge is 0.141 e. The van der Waals surface area contributed by atoms with Crippen LogP contribution in [0.2, 0.25) is 0 Å². The highest BCUT2D eigenvalue weighted by Gasteiger charge is 2.10. The van der Waals surface area contributed by atoms with Gasteiger partial charge in [-0.25, -0.2) is 0 Å². The monoisotopic (exact) mass is 288 g/mol. The average Bonchev–Trinajstić information content (AvgIpc) is 2.74. The van der Waals surface area contributed by atoms with Crippen molar-refractivity contribution < 1.29 is 5.11 Å². The number of aromatic nitrogens is 2. The van der Waals surface area contributed by atoms with Crippen LogP contribution in [0, 0.1) is 0 Å². The second-order valence-electron chi connectivity index (χ2n) is 3.78. The molecule has 0 amide bonds. The zero-order valence-electron chi connectivity index (χ0n) is 8.81. The first-order chi connectivity index (χ1) is 8.25. The van der Waals surface area contributed by atoms with Crippen molar-refractivity contribution >= 4 is 26.8 Å². The van der Waals surface area contributed by atoms with E-state index in [2.05, 4.69) is 26.1 Å². The third kappa shape index (κ3) is 1.70. The topological polar surface area (TPSA) is 48.9 Å². The molecule has 0 atom stereocenters. The van der Waals surface area contributed by atoms with Crippen molar-refractivity contribution in [2.75, 3.05) is 0 Å². The molecule has 0 fully saturated rings. The molecule has 1 heterocycles. The Hall–Kier alpha value is -1.81. The maximum Gasteiger partial charge on any atom is 0.141 e. The Morgan fingerprint density at radius 2 is 1.94 bits per heavy atom. The molecule has 0 bridgehead atoms. The molecular formula is C13H9BrN2O. The predicted molar refractivity (Wildman–Crippen MR) is 70.9 cm³/mol. The lowest BCUT2D eigenvalue weighted by Gasteiger charge is -1.99. The van der Waals surface area contributed by atoms with Gasteiger partial charge in [-0.15, -0.1) is 0 Å². The second kappa shape index (κ2) is 3.89. The minimum atomic E-state index is 0.219. The number of H-pyrrole nitrogens is 1. The largest absolute Gasteiger partial charge is 0.506 e. The minimum Gasteiger partial charge on any atom is -0.506 e. The molecule has 3 nitrogen and oxygen atoms in total. The number of hydrogen-bond acceptors (Lipinski definition) is 2. The van der Waals surface area contributed by atoms with Gasteiger partial charge in [0.15, 0.2) is 0 Å². The number of rotatable bonds is 1. The number of aromatic hydroxyl groups is 1. The van der Waals surface area contributed by atoms with E-state index in [-0.39, 0.29) is 5.75 Å². The van der Waals surface area contributed by atoms with E-state index in [0.717, 1.165) is 21.1 Å². The summed E-state index contributed by atoms with van der Waals surface area (Å²) in [5, 5.41) is 17.7. The Bertz CT molecular complexity index is 691. The van der Waals surface area contributed by atoms with Gasteiger partial charge in [-0.05, 0) is 18.2 Å². The average molecular weight is 289 g/mol. The molecule has 0 aliphatic heterocycles. The Labute approximate surface area is 106 Å². The van der Waals surface area contributed by atoms with Gasteiger partial charge in [-0.3, -0.25) is 5.10 Å². The van der Waals surface area contributed by atoms with Crippen molar-refractivity contribution in [2.45, 2.75) is 0 Å². The van der Waals surface area contributed by atoms with Crippen LogP contribution in [-0.4, -0.2) is 15.3 Å². The van der Waals surface area contributed by atoms with Crippen molar-refractivity contribution in [3.8, 4) is 17.0 Å². The molecule has 0 saturated heterocycles. The summed E-state index contributed by atoms with van der Waals surface area (Å²) < 4.78 is 1.01. The SMILES string of the molecule is Oc1cccc2c(-c3cccc(Br)c3)n[nH]c12.